The number of benzene rings is 1. The van der Waals surface area contributed by atoms with Crippen molar-refractivity contribution in [3.8, 4) is 11.5 Å². The van der Waals surface area contributed by atoms with Crippen LogP contribution in [0.4, 0.5) is 0 Å². The minimum Gasteiger partial charge on any atom is -0.491 e. The molecule has 0 aliphatic rings. The van der Waals surface area contributed by atoms with Crippen molar-refractivity contribution in [2.24, 2.45) is 0 Å². The Balaban J connectivity index is 2.76. The Hall–Kier alpha value is -1.59. The van der Waals surface area contributed by atoms with Gasteiger partial charge in [0.15, 0.2) is 0 Å². The molecule has 0 amide bonds. The van der Waals surface area contributed by atoms with Crippen LogP contribution >= 0.6 is 0 Å². The second-order valence-corrected chi connectivity index (χ2v) is 6.96. The van der Waals surface area contributed by atoms with E-state index in [4.69, 9.17) is 9.47 Å². The molecule has 23 heavy (non-hydrogen) atoms. The molecule has 5 heteroatoms. The number of carbonyl (C=O) groups excluding carboxylic acids is 1. The summed E-state index contributed by atoms with van der Waals surface area (Å²) in [4.78, 5) is 11.2. The van der Waals surface area contributed by atoms with Crippen LogP contribution < -0.4 is 14.8 Å². The highest BCUT2D eigenvalue weighted by molar-refractivity contribution is 5.71. The number of nitrogens with one attached hydrogen (secondary N) is 1. The Kier molecular flexibility index (Phi) is 6.59. The molecule has 2 N–H and O–H groups in total. The maximum Gasteiger partial charge on any atom is 0.308 e. The maximum atomic E-state index is 11.2. The van der Waals surface area contributed by atoms with Crippen molar-refractivity contribution in [2.75, 3.05) is 13.2 Å². The normalized spacial score (nSPS) is 12.9. The lowest BCUT2D eigenvalue weighted by Crippen LogP contribution is -2.42. The van der Waals surface area contributed by atoms with Gasteiger partial charge in [-0.1, -0.05) is 0 Å². The molecule has 0 aromatic heterocycles. The number of rotatable bonds is 6. The minimum atomic E-state index is -0.595. The van der Waals surface area contributed by atoms with Crippen LogP contribution in [0.25, 0.3) is 0 Å². The molecule has 0 spiro atoms. The summed E-state index contributed by atoms with van der Waals surface area (Å²) < 4.78 is 11.0. The van der Waals surface area contributed by atoms with Crippen LogP contribution in [0, 0.1) is 20.8 Å². The van der Waals surface area contributed by atoms with E-state index in [9.17, 15) is 9.90 Å². The standard InChI is InChI=1S/C18H29NO4/c1-11-8-16(12(2)13(3)17(11)23-14(4)20)22-10-15(21)9-19-18(5,6)7/h8,15,19,21H,9-10H2,1-7H3. The van der Waals surface area contributed by atoms with Crippen molar-refractivity contribution < 1.29 is 19.4 Å². The predicted molar refractivity (Wildman–Crippen MR) is 91.2 cm³/mol. The van der Waals surface area contributed by atoms with E-state index in [2.05, 4.69) is 5.32 Å². The molecule has 0 radical (unpaired) electrons. The van der Waals surface area contributed by atoms with Crippen LogP contribution in [0.15, 0.2) is 6.07 Å². The minimum absolute atomic E-state index is 0.0459. The first-order valence-corrected chi connectivity index (χ1v) is 7.86. The highest BCUT2D eigenvalue weighted by Gasteiger charge is 2.16. The van der Waals surface area contributed by atoms with E-state index in [-0.39, 0.29) is 18.1 Å². The first-order chi connectivity index (χ1) is 10.5. The molecular formula is C18H29NO4. The summed E-state index contributed by atoms with van der Waals surface area (Å²) in [6.07, 6.45) is -0.595. The topological polar surface area (TPSA) is 67.8 Å². The highest BCUT2D eigenvalue weighted by Crippen LogP contribution is 2.33. The monoisotopic (exact) mass is 323 g/mol. The van der Waals surface area contributed by atoms with Crippen LogP contribution in [0.5, 0.6) is 11.5 Å². The molecule has 0 aliphatic heterocycles. The zero-order chi connectivity index (χ0) is 17.8. The van der Waals surface area contributed by atoms with E-state index in [0.29, 0.717) is 18.0 Å². The number of ether oxygens (including phenoxy) is 2. The van der Waals surface area contributed by atoms with Crippen molar-refractivity contribution in [2.45, 2.75) is 60.1 Å². The molecule has 1 aromatic carbocycles. The quantitative estimate of drug-likeness (QED) is 0.622. The van der Waals surface area contributed by atoms with Crippen molar-refractivity contribution >= 4 is 5.97 Å². The van der Waals surface area contributed by atoms with Gasteiger partial charge in [0, 0.05) is 19.0 Å². The number of hydrogen-bond donors (Lipinski definition) is 2. The second-order valence-electron chi connectivity index (χ2n) is 6.96. The van der Waals surface area contributed by atoms with Gasteiger partial charge in [-0.15, -0.1) is 0 Å². The maximum absolute atomic E-state index is 11.2. The average Bonchev–Trinajstić information content (AvgIpc) is 2.42. The van der Waals surface area contributed by atoms with E-state index < -0.39 is 6.10 Å². The van der Waals surface area contributed by atoms with Gasteiger partial charge in [0.1, 0.15) is 24.2 Å². The molecule has 5 nitrogen and oxygen atoms in total. The molecule has 0 saturated heterocycles. The fourth-order valence-corrected chi connectivity index (χ4v) is 2.14. The van der Waals surface area contributed by atoms with Crippen LogP contribution in [-0.2, 0) is 4.79 Å². The number of carbonyl (C=O) groups is 1. The number of aliphatic hydroxyl groups is 1. The van der Waals surface area contributed by atoms with Crippen LogP contribution in [-0.4, -0.2) is 35.9 Å². The van der Waals surface area contributed by atoms with Gasteiger partial charge in [0.05, 0.1) is 0 Å². The van der Waals surface area contributed by atoms with Gasteiger partial charge in [-0.2, -0.15) is 0 Å². The third-order valence-corrected chi connectivity index (χ3v) is 3.52. The second kappa shape index (κ2) is 7.79. The Labute approximate surface area is 139 Å². The molecule has 0 heterocycles. The molecule has 1 rings (SSSR count). The Morgan fingerprint density at radius 3 is 2.39 bits per heavy atom. The van der Waals surface area contributed by atoms with Gasteiger partial charge in [0.25, 0.3) is 0 Å². The first kappa shape index (κ1) is 19.5. The molecule has 0 fully saturated rings. The fraction of sp³-hybridized carbons (Fsp3) is 0.611. The summed E-state index contributed by atoms with van der Waals surface area (Å²) in [6, 6.07) is 1.84. The van der Waals surface area contributed by atoms with E-state index in [1.807, 2.05) is 47.6 Å². The summed E-state index contributed by atoms with van der Waals surface area (Å²) in [5, 5.41) is 13.3. The number of aryl methyl sites for hydroxylation is 1. The SMILES string of the molecule is CC(=O)Oc1c(C)cc(OCC(O)CNC(C)(C)C)c(C)c1C. The summed E-state index contributed by atoms with van der Waals surface area (Å²) >= 11 is 0. The molecule has 1 aromatic rings. The molecule has 1 unspecified atom stereocenters. The highest BCUT2D eigenvalue weighted by atomic mass is 16.5. The number of esters is 1. The van der Waals surface area contributed by atoms with Gasteiger partial charge < -0.3 is 19.9 Å². The van der Waals surface area contributed by atoms with Crippen molar-refractivity contribution in [1.29, 1.82) is 0 Å². The predicted octanol–water partition coefficient (Wildman–Crippen LogP) is 2.66. The molecule has 1 atom stereocenters. The molecule has 0 saturated carbocycles. The Morgan fingerprint density at radius 2 is 1.87 bits per heavy atom. The Bertz CT molecular complexity index is 561. The van der Waals surface area contributed by atoms with Crippen LogP contribution in [0.1, 0.15) is 44.4 Å². The third-order valence-electron chi connectivity index (χ3n) is 3.52. The van der Waals surface area contributed by atoms with Crippen molar-refractivity contribution in [3.63, 3.8) is 0 Å². The van der Waals surface area contributed by atoms with Gasteiger partial charge in [-0.3, -0.25) is 4.79 Å². The van der Waals surface area contributed by atoms with Crippen molar-refractivity contribution in [1.82, 2.24) is 5.32 Å². The van der Waals surface area contributed by atoms with E-state index in [1.165, 1.54) is 6.92 Å². The summed E-state index contributed by atoms with van der Waals surface area (Å²) in [6.45, 7) is 13.9. The van der Waals surface area contributed by atoms with Gasteiger partial charge >= 0.3 is 5.97 Å². The van der Waals surface area contributed by atoms with Gasteiger partial charge in [0.2, 0.25) is 0 Å². The lowest BCUT2D eigenvalue weighted by atomic mass is 10.0. The Morgan fingerprint density at radius 1 is 1.26 bits per heavy atom. The lowest BCUT2D eigenvalue weighted by molar-refractivity contribution is -0.131. The summed E-state index contributed by atoms with van der Waals surface area (Å²) in [7, 11) is 0. The van der Waals surface area contributed by atoms with Gasteiger partial charge in [-0.05, 0) is 64.3 Å². The molecule has 0 aliphatic carbocycles. The average molecular weight is 323 g/mol. The van der Waals surface area contributed by atoms with Crippen molar-refractivity contribution in [3.05, 3.63) is 22.8 Å². The van der Waals surface area contributed by atoms with Gasteiger partial charge in [-0.25, -0.2) is 0 Å². The number of β-amino-alcohol motifs (C(OH)–C–C–N with tert-alkyl or cyclic N) is 1. The molecule has 0 bridgehead atoms. The van der Waals surface area contributed by atoms with Crippen LogP contribution in [0.3, 0.4) is 0 Å². The third kappa shape index (κ3) is 6.20. The number of hydrogen-bond acceptors (Lipinski definition) is 5. The van der Waals surface area contributed by atoms with Crippen LogP contribution in [0.2, 0.25) is 0 Å². The van der Waals surface area contributed by atoms with E-state index >= 15 is 0 Å². The summed E-state index contributed by atoms with van der Waals surface area (Å²) in [5.74, 6) is 0.941. The molecule has 130 valence electrons. The number of aliphatic hydroxyl groups excluding tert-OH is 1. The van der Waals surface area contributed by atoms with E-state index in [0.717, 1.165) is 16.7 Å². The smallest absolute Gasteiger partial charge is 0.308 e. The van der Waals surface area contributed by atoms with E-state index in [1.54, 1.807) is 0 Å². The zero-order valence-electron chi connectivity index (χ0n) is 15.2. The fourth-order valence-electron chi connectivity index (χ4n) is 2.14. The first-order valence-electron chi connectivity index (χ1n) is 7.86. The molecular weight excluding hydrogens is 294 g/mol. The summed E-state index contributed by atoms with van der Waals surface area (Å²) in [5.41, 5.74) is 2.57. The lowest BCUT2D eigenvalue weighted by Gasteiger charge is -2.23. The zero-order valence-corrected chi connectivity index (χ0v) is 15.2. The largest absolute Gasteiger partial charge is 0.491 e.